The SMILES string of the molecule is O=Cc1ccc(O)c(Cn2ccnc2)c1. The summed E-state index contributed by atoms with van der Waals surface area (Å²) in [6, 6.07) is 4.78. The van der Waals surface area contributed by atoms with Crippen LogP contribution >= 0.6 is 0 Å². The summed E-state index contributed by atoms with van der Waals surface area (Å²) in [5.74, 6) is 0.189. The molecule has 0 saturated carbocycles. The van der Waals surface area contributed by atoms with E-state index < -0.39 is 0 Å². The molecule has 4 heteroatoms. The Bertz CT molecular complexity index is 463. The summed E-state index contributed by atoms with van der Waals surface area (Å²) in [5, 5.41) is 9.58. The summed E-state index contributed by atoms with van der Waals surface area (Å²) in [4.78, 5) is 14.5. The smallest absolute Gasteiger partial charge is 0.150 e. The quantitative estimate of drug-likeness (QED) is 0.766. The molecule has 1 aromatic heterocycles. The first-order chi connectivity index (χ1) is 7.29. The number of phenolic OH excluding ortho intramolecular Hbond substituents is 1. The van der Waals surface area contributed by atoms with Gasteiger partial charge in [-0.1, -0.05) is 0 Å². The van der Waals surface area contributed by atoms with Crippen LogP contribution in [-0.2, 0) is 6.54 Å². The minimum atomic E-state index is 0.189. The molecule has 0 spiro atoms. The molecular weight excluding hydrogens is 192 g/mol. The molecule has 1 N–H and O–H groups in total. The number of rotatable bonds is 3. The first kappa shape index (κ1) is 9.45. The van der Waals surface area contributed by atoms with Crippen LogP contribution in [-0.4, -0.2) is 20.9 Å². The van der Waals surface area contributed by atoms with E-state index in [0.717, 1.165) is 6.29 Å². The highest BCUT2D eigenvalue weighted by Gasteiger charge is 2.03. The van der Waals surface area contributed by atoms with Crippen LogP contribution in [0.1, 0.15) is 15.9 Å². The summed E-state index contributed by atoms with van der Waals surface area (Å²) < 4.78 is 1.82. The zero-order chi connectivity index (χ0) is 10.7. The number of hydrogen-bond acceptors (Lipinski definition) is 3. The normalized spacial score (nSPS) is 10.1. The largest absolute Gasteiger partial charge is 0.508 e. The molecule has 0 aliphatic carbocycles. The molecule has 0 fully saturated rings. The number of nitrogens with zero attached hydrogens (tertiary/aromatic N) is 2. The standard InChI is InChI=1S/C11H10N2O2/c14-7-9-1-2-11(15)10(5-9)6-13-4-3-12-8-13/h1-5,7-8,15H,6H2. The Morgan fingerprint density at radius 3 is 3.00 bits per heavy atom. The lowest BCUT2D eigenvalue weighted by molar-refractivity contribution is 0.112. The van der Waals surface area contributed by atoms with Gasteiger partial charge in [0.25, 0.3) is 0 Å². The number of phenols is 1. The third-order valence-electron chi connectivity index (χ3n) is 2.15. The predicted molar refractivity (Wildman–Crippen MR) is 54.8 cm³/mol. The highest BCUT2D eigenvalue weighted by Crippen LogP contribution is 2.18. The lowest BCUT2D eigenvalue weighted by Crippen LogP contribution is -1.97. The van der Waals surface area contributed by atoms with Gasteiger partial charge in [0, 0.05) is 23.5 Å². The molecule has 0 amide bonds. The molecule has 0 atom stereocenters. The van der Waals surface area contributed by atoms with Crippen molar-refractivity contribution in [2.75, 3.05) is 0 Å². The topological polar surface area (TPSA) is 55.1 Å². The van der Waals surface area contributed by atoms with Crippen LogP contribution in [0.25, 0.3) is 0 Å². The third kappa shape index (κ3) is 2.04. The number of benzene rings is 1. The maximum atomic E-state index is 10.6. The van der Waals surface area contributed by atoms with Crippen LogP contribution in [0.2, 0.25) is 0 Å². The fourth-order valence-electron chi connectivity index (χ4n) is 1.38. The van der Waals surface area contributed by atoms with Gasteiger partial charge >= 0.3 is 0 Å². The van der Waals surface area contributed by atoms with Crippen molar-refractivity contribution < 1.29 is 9.90 Å². The van der Waals surface area contributed by atoms with Gasteiger partial charge in [-0.25, -0.2) is 4.98 Å². The lowest BCUT2D eigenvalue weighted by atomic mass is 10.1. The third-order valence-corrected chi connectivity index (χ3v) is 2.15. The van der Waals surface area contributed by atoms with Crippen molar-refractivity contribution in [3.63, 3.8) is 0 Å². The van der Waals surface area contributed by atoms with Gasteiger partial charge in [-0.05, 0) is 18.2 Å². The van der Waals surface area contributed by atoms with Crippen LogP contribution in [0.4, 0.5) is 0 Å². The Morgan fingerprint density at radius 1 is 1.47 bits per heavy atom. The van der Waals surface area contributed by atoms with Gasteiger partial charge in [-0.3, -0.25) is 4.79 Å². The van der Waals surface area contributed by atoms with Crippen LogP contribution in [0.15, 0.2) is 36.9 Å². The highest BCUT2D eigenvalue weighted by molar-refractivity contribution is 5.75. The molecule has 0 aliphatic heterocycles. The van der Waals surface area contributed by atoms with Crippen LogP contribution in [0.3, 0.4) is 0 Å². The van der Waals surface area contributed by atoms with Gasteiger partial charge in [0.2, 0.25) is 0 Å². The van der Waals surface area contributed by atoms with E-state index in [0.29, 0.717) is 17.7 Å². The van der Waals surface area contributed by atoms with Crippen LogP contribution in [0, 0.1) is 0 Å². The van der Waals surface area contributed by atoms with E-state index in [1.54, 1.807) is 30.9 Å². The summed E-state index contributed by atoms with van der Waals surface area (Å²) in [5.41, 5.74) is 1.26. The van der Waals surface area contributed by atoms with Gasteiger partial charge in [-0.15, -0.1) is 0 Å². The zero-order valence-electron chi connectivity index (χ0n) is 8.00. The fraction of sp³-hybridized carbons (Fsp3) is 0.0909. The van der Waals surface area contributed by atoms with Crippen LogP contribution in [0.5, 0.6) is 5.75 Å². The van der Waals surface area contributed by atoms with Crippen molar-refractivity contribution in [1.82, 2.24) is 9.55 Å². The number of imidazole rings is 1. The summed E-state index contributed by atoms with van der Waals surface area (Å²) >= 11 is 0. The van der Waals surface area contributed by atoms with Crippen molar-refractivity contribution in [3.05, 3.63) is 48.0 Å². The summed E-state index contributed by atoms with van der Waals surface area (Å²) in [7, 11) is 0. The molecule has 15 heavy (non-hydrogen) atoms. The van der Waals surface area contributed by atoms with Gasteiger partial charge in [0.15, 0.2) is 0 Å². The zero-order valence-corrected chi connectivity index (χ0v) is 8.00. The molecule has 4 nitrogen and oxygen atoms in total. The second kappa shape index (κ2) is 3.96. The Labute approximate surface area is 86.8 Å². The first-order valence-electron chi connectivity index (χ1n) is 4.52. The fourth-order valence-corrected chi connectivity index (χ4v) is 1.38. The van der Waals surface area contributed by atoms with Crippen LogP contribution < -0.4 is 0 Å². The average Bonchev–Trinajstić information content (AvgIpc) is 2.74. The van der Waals surface area contributed by atoms with Crippen molar-refractivity contribution in [3.8, 4) is 5.75 Å². The molecule has 0 radical (unpaired) electrons. The number of aromatic nitrogens is 2. The Hall–Kier alpha value is -2.10. The number of aldehydes is 1. The second-order valence-electron chi connectivity index (χ2n) is 3.24. The molecule has 0 unspecified atom stereocenters. The van der Waals surface area contributed by atoms with E-state index in [-0.39, 0.29) is 5.75 Å². The number of aromatic hydroxyl groups is 1. The molecule has 2 aromatic rings. The Morgan fingerprint density at radius 2 is 2.33 bits per heavy atom. The monoisotopic (exact) mass is 202 g/mol. The highest BCUT2D eigenvalue weighted by atomic mass is 16.3. The molecule has 1 aromatic carbocycles. The molecule has 0 aliphatic rings. The molecule has 0 saturated heterocycles. The van der Waals surface area contributed by atoms with Crippen molar-refractivity contribution in [1.29, 1.82) is 0 Å². The van der Waals surface area contributed by atoms with E-state index in [2.05, 4.69) is 4.98 Å². The van der Waals surface area contributed by atoms with E-state index in [1.807, 2.05) is 4.57 Å². The first-order valence-corrected chi connectivity index (χ1v) is 4.52. The Balaban J connectivity index is 2.31. The summed E-state index contributed by atoms with van der Waals surface area (Å²) in [6.45, 7) is 0.507. The lowest BCUT2D eigenvalue weighted by Gasteiger charge is -2.05. The van der Waals surface area contributed by atoms with E-state index >= 15 is 0 Å². The second-order valence-corrected chi connectivity index (χ2v) is 3.24. The minimum absolute atomic E-state index is 0.189. The van der Waals surface area contributed by atoms with E-state index in [4.69, 9.17) is 0 Å². The minimum Gasteiger partial charge on any atom is -0.508 e. The van der Waals surface area contributed by atoms with E-state index in [1.165, 1.54) is 6.07 Å². The molecule has 1 heterocycles. The van der Waals surface area contributed by atoms with Crippen molar-refractivity contribution >= 4 is 6.29 Å². The maximum absolute atomic E-state index is 10.6. The molecular formula is C11H10N2O2. The van der Waals surface area contributed by atoms with Crippen molar-refractivity contribution in [2.45, 2.75) is 6.54 Å². The summed E-state index contributed by atoms with van der Waals surface area (Å²) in [6.07, 6.45) is 5.89. The molecule has 0 bridgehead atoms. The van der Waals surface area contributed by atoms with Gasteiger partial charge in [0.05, 0.1) is 12.9 Å². The molecule has 2 rings (SSSR count). The van der Waals surface area contributed by atoms with Crippen molar-refractivity contribution in [2.24, 2.45) is 0 Å². The average molecular weight is 202 g/mol. The van der Waals surface area contributed by atoms with Gasteiger partial charge < -0.3 is 9.67 Å². The maximum Gasteiger partial charge on any atom is 0.150 e. The number of carbonyl (C=O) groups excluding carboxylic acids is 1. The van der Waals surface area contributed by atoms with Gasteiger partial charge in [-0.2, -0.15) is 0 Å². The molecule has 76 valence electrons. The predicted octanol–water partition coefficient (Wildman–Crippen LogP) is 1.45. The van der Waals surface area contributed by atoms with E-state index in [9.17, 15) is 9.90 Å². The number of hydrogen-bond donors (Lipinski definition) is 1. The van der Waals surface area contributed by atoms with Gasteiger partial charge in [0.1, 0.15) is 12.0 Å². The Kier molecular flexibility index (Phi) is 2.49. The number of carbonyl (C=O) groups is 1.